The van der Waals surface area contributed by atoms with Crippen molar-refractivity contribution in [3.8, 4) is 5.75 Å². The topological polar surface area (TPSA) is 91.0 Å². The second-order valence-corrected chi connectivity index (χ2v) is 8.13. The highest BCUT2D eigenvalue weighted by atomic mass is 35.5. The van der Waals surface area contributed by atoms with Gasteiger partial charge in [0.25, 0.3) is 11.8 Å². The molecular weight excluding hydrogens is 464 g/mol. The van der Waals surface area contributed by atoms with Gasteiger partial charge in [-0.05, 0) is 74.1 Å². The first kappa shape index (κ1) is 24.5. The maximum atomic E-state index is 12.9. The van der Waals surface area contributed by atoms with Crippen LogP contribution in [-0.2, 0) is 9.59 Å². The SMILES string of the molecule is CCCOc1ccc(NC(=O)CC2C(=O)N(CC)C(=S)N2NC(=O)c2ccc(Cl)cc2)cc1. The second kappa shape index (κ2) is 11.1. The number of thiocarbonyl (C=S) groups is 1. The van der Waals surface area contributed by atoms with Gasteiger partial charge in [-0.3, -0.25) is 24.7 Å². The summed E-state index contributed by atoms with van der Waals surface area (Å²) < 4.78 is 5.54. The van der Waals surface area contributed by atoms with Crippen LogP contribution in [0.25, 0.3) is 0 Å². The Morgan fingerprint density at radius 2 is 1.76 bits per heavy atom. The van der Waals surface area contributed by atoms with Gasteiger partial charge < -0.3 is 10.1 Å². The molecule has 8 nitrogen and oxygen atoms in total. The van der Waals surface area contributed by atoms with Crippen molar-refractivity contribution in [3.63, 3.8) is 0 Å². The minimum absolute atomic E-state index is 0.139. The molecule has 1 aliphatic rings. The molecule has 1 fully saturated rings. The van der Waals surface area contributed by atoms with E-state index in [-0.39, 0.29) is 23.3 Å². The van der Waals surface area contributed by atoms with Gasteiger partial charge in [-0.2, -0.15) is 0 Å². The lowest BCUT2D eigenvalue weighted by Crippen LogP contribution is -2.49. The molecule has 3 rings (SSSR count). The molecule has 1 unspecified atom stereocenters. The lowest BCUT2D eigenvalue weighted by molar-refractivity contribution is -0.130. The summed E-state index contributed by atoms with van der Waals surface area (Å²) in [5.74, 6) is -0.492. The number of hydrogen-bond donors (Lipinski definition) is 2. The molecule has 1 atom stereocenters. The molecule has 0 aromatic heterocycles. The molecule has 2 aromatic rings. The van der Waals surface area contributed by atoms with Gasteiger partial charge >= 0.3 is 0 Å². The van der Waals surface area contributed by atoms with Gasteiger partial charge in [0, 0.05) is 22.8 Å². The Morgan fingerprint density at radius 1 is 1.09 bits per heavy atom. The average molecular weight is 489 g/mol. The van der Waals surface area contributed by atoms with Crippen molar-refractivity contribution in [1.82, 2.24) is 15.3 Å². The Kier molecular flexibility index (Phi) is 8.24. The van der Waals surface area contributed by atoms with E-state index in [1.807, 2.05) is 6.92 Å². The van der Waals surface area contributed by atoms with Crippen molar-refractivity contribution < 1.29 is 19.1 Å². The van der Waals surface area contributed by atoms with Crippen LogP contribution in [-0.4, -0.2) is 51.9 Å². The molecule has 2 N–H and O–H groups in total. The number of hydrazine groups is 1. The third-order valence-electron chi connectivity index (χ3n) is 4.93. The summed E-state index contributed by atoms with van der Waals surface area (Å²) in [6.45, 7) is 4.72. The Bertz CT molecular complexity index is 1030. The van der Waals surface area contributed by atoms with E-state index in [0.29, 0.717) is 35.2 Å². The fourth-order valence-corrected chi connectivity index (χ4v) is 3.78. The summed E-state index contributed by atoms with van der Waals surface area (Å²) in [6, 6.07) is 12.3. The molecule has 0 spiro atoms. The lowest BCUT2D eigenvalue weighted by Gasteiger charge is -2.24. The van der Waals surface area contributed by atoms with Crippen LogP contribution in [0.4, 0.5) is 5.69 Å². The smallest absolute Gasteiger partial charge is 0.269 e. The van der Waals surface area contributed by atoms with Crippen LogP contribution >= 0.6 is 23.8 Å². The average Bonchev–Trinajstić information content (AvgIpc) is 3.02. The zero-order chi connectivity index (χ0) is 24.0. The molecular formula is C23H25ClN4O4S. The third kappa shape index (κ3) is 6.00. The zero-order valence-electron chi connectivity index (χ0n) is 18.3. The first-order chi connectivity index (χ1) is 15.8. The van der Waals surface area contributed by atoms with E-state index in [4.69, 9.17) is 28.6 Å². The first-order valence-electron chi connectivity index (χ1n) is 10.6. The normalized spacial score (nSPS) is 15.5. The summed E-state index contributed by atoms with van der Waals surface area (Å²) in [7, 11) is 0. The van der Waals surface area contributed by atoms with Gasteiger partial charge in [0.1, 0.15) is 11.8 Å². The molecule has 1 heterocycles. The van der Waals surface area contributed by atoms with E-state index >= 15 is 0 Å². The predicted molar refractivity (Wildman–Crippen MR) is 130 cm³/mol. The molecule has 33 heavy (non-hydrogen) atoms. The van der Waals surface area contributed by atoms with Crippen LogP contribution in [0, 0.1) is 0 Å². The summed E-state index contributed by atoms with van der Waals surface area (Å²) in [5.41, 5.74) is 3.57. The molecule has 2 aromatic carbocycles. The van der Waals surface area contributed by atoms with E-state index in [1.54, 1.807) is 55.5 Å². The van der Waals surface area contributed by atoms with Crippen LogP contribution in [0.3, 0.4) is 0 Å². The lowest BCUT2D eigenvalue weighted by atomic mass is 10.1. The van der Waals surface area contributed by atoms with Gasteiger partial charge in [-0.15, -0.1) is 0 Å². The molecule has 0 saturated carbocycles. The number of anilines is 1. The summed E-state index contributed by atoms with van der Waals surface area (Å²) in [6.07, 6.45) is 0.708. The maximum absolute atomic E-state index is 12.9. The number of carbonyl (C=O) groups is 3. The summed E-state index contributed by atoms with van der Waals surface area (Å²) in [5, 5.41) is 4.68. The van der Waals surface area contributed by atoms with Crippen LogP contribution in [0.1, 0.15) is 37.0 Å². The molecule has 3 amide bonds. The van der Waals surface area contributed by atoms with Gasteiger partial charge in [0.15, 0.2) is 5.11 Å². The number of nitrogens with one attached hydrogen (secondary N) is 2. The van der Waals surface area contributed by atoms with Crippen molar-refractivity contribution in [1.29, 1.82) is 0 Å². The number of halogens is 1. The molecule has 0 aliphatic carbocycles. The van der Waals surface area contributed by atoms with Gasteiger partial charge in [0.05, 0.1) is 13.0 Å². The quantitative estimate of drug-likeness (QED) is 0.524. The minimum Gasteiger partial charge on any atom is -0.494 e. The fourth-order valence-electron chi connectivity index (χ4n) is 3.26. The van der Waals surface area contributed by atoms with Crippen molar-refractivity contribution >= 4 is 52.3 Å². The van der Waals surface area contributed by atoms with Gasteiger partial charge in [0.2, 0.25) is 5.91 Å². The number of likely N-dealkylation sites (N-methyl/N-ethyl adjacent to an activating group) is 1. The van der Waals surface area contributed by atoms with E-state index in [9.17, 15) is 14.4 Å². The van der Waals surface area contributed by atoms with Crippen molar-refractivity contribution in [2.24, 2.45) is 0 Å². The Morgan fingerprint density at radius 3 is 2.36 bits per heavy atom. The molecule has 174 valence electrons. The van der Waals surface area contributed by atoms with Crippen LogP contribution < -0.4 is 15.5 Å². The number of nitrogens with zero attached hydrogens (tertiary/aromatic N) is 2. The second-order valence-electron chi connectivity index (χ2n) is 7.32. The van der Waals surface area contributed by atoms with Crippen LogP contribution in [0.5, 0.6) is 5.75 Å². The molecule has 1 saturated heterocycles. The van der Waals surface area contributed by atoms with Crippen molar-refractivity contribution in [2.75, 3.05) is 18.5 Å². The monoisotopic (exact) mass is 488 g/mol. The maximum Gasteiger partial charge on any atom is 0.269 e. The largest absolute Gasteiger partial charge is 0.494 e. The Hall–Kier alpha value is -3.17. The summed E-state index contributed by atoms with van der Waals surface area (Å²) in [4.78, 5) is 39.6. The number of rotatable bonds is 9. The highest BCUT2D eigenvalue weighted by molar-refractivity contribution is 7.80. The number of carbonyl (C=O) groups excluding carboxylic acids is 3. The Labute approximate surface area is 202 Å². The first-order valence-corrected chi connectivity index (χ1v) is 11.4. The third-order valence-corrected chi connectivity index (χ3v) is 5.60. The number of hydrogen-bond acceptors (Lipinski definition) is 5. The highest BCUT2D eigenvalue weighted by Gasteiger charge is 2.43. The zero-order valence-corrected chi connectivity index (χ0v) is 19.9. The van der Waals surface area contributed by atoms with Crippen molar-refractivity contribution in [2.45, 2.75) is 32.7 Å². The van der Waals surface area contributed by atoms with E-state index in [1.165, 1.54) is 9.91 Å². The molecule has 10 heteroatoms. The molecule has 1 aliphatic heterocycles. The van der Waals surface area contributed by atoms with Crippen LogP contribution in [0.15, 0.2) is 48.5 Å². The molecule has 0 bridgehead atoms. The van der Waals surface area contributed by atoms with Crippen molar-refractivity contribution in [3.05, 3.63) is 59.1 Å². The predicted octanol–water partition coefficient (Wildman–Crippen LogP) is 3.62. The van der Waals surface area contributed by atoms with E-state index < -0.39 is 11.9 Å². The minimum atomic E-state index is -0.958. The van der Waals surface area contributed by atoms with E-state index in [2.05, 4.69) is 10.7 Å². The molecule has 0 radical (unpaired) electrons. The number of benzene rings is 2. The van der Waals surface area contributed by atoms with Crippen LogP contribution in [0.2, 0.25) is 5.02 Å². The standard InChI is InChI=1S/C23H25ClN4O4S/c1-3-13-32-18-11-9-17(10-12-18)25-20(29)14-19-22(31)27(4-2)23(33)28(19)26-21(30)15-5-7-16(24)8-6-15/h5-12,19H,3-4,13-14H2,1-2H3,(H,25,29)(H,26,30). The highest BCUT2D eigenvalue weighted by Crippen LogP contribution is 2.21. The van der Waals surface area contributed by atoms with E-state index in [0.717, 1.165) is 6.42 Å². The number of ether oxygens (including phenoxy) is 1. The fraction of sp³-hybridized carbons (Fsp3) is 0.304. The van der Waals surface area contributed by atoms with Gasteiger partial charge in [-0.1, -0.05) is 18.5 Å². The summed E-state index contributed by atoms with van der Waals surface area (Å²) >= 11 is 11.3. The van der Waals surface area contributed by atoms with Gasteiger partial charge in [-0.25, -0.2) is 5.01 Å². The number of amides is 3. The Balaban J connectivity index is 1.69.